The highest BCUT2D eigenvalue weighted by Gasteiger charge is 2.61. The number of piperidine rings is 1. The molecule has 4 nitrogen and oxygen atoms in total. The lowest BCUT2D eigenvalue weighted by Crippen LogP contribution is -2.60. The largest absolute Gasteiger partial charge is 0.444 e. The quantitative estimate of drug-likeness (QED) is 0.691. The normalized spacial score (nSPS) is 31.6. The fourth-order valence-corrected chi connectivity index (χ4v) is 8.72. The molecule has 1 N–H and O–H groups in total. The number of hydrogen-bond donors (Lipinski definition) is 1. The number of hydrogen-bond acceptors (Lipinski definition) is 5. The molecule has 2 unspecified atom stereocenters. The van der Waals surface area contributed by atoms with Gasteiger partial charge in [-0.25, -0.2) is 9.18 Å². The number of aliphatic hydroxyl groups is 1. The SMILES string of the molecule is CC(C)(C)OC(=O)N1C2CCC1CC(O)(C1(c3ccccc3F)SCCCS1)C2. The minimum Gasteiger partial charge on any atom is -0.444 e. The molecular weight excluding hydrogens is 409 g/mol. The summed E-state index contributed by atoms with van der Waals surface area (Å²) in [5, 5.41) is 12.1. The third-order valence-electron chi connectivity index (χ3n) is 6.11. The summed E-state index contributed by atoms with van der Waals surface area (Å²) in [6.45, 7) is 5.61. The van der Waals surface area contributed by atoms with Crippen molar-refractivity contribution >= 4 is 29.6 Å². The topological polar surface area (TPSA) is 49.8 Å². The number of ether oxygens (including phenoxy) is 1. The van der Waals surface area contributed by atoms with E-state index >= 15 is 0 Å². The van der Waals surface area contributed by atoms with Gasteiger partial charge in [0, 0.05) is 17.6 Å². The van der Waals surface area contributed by atoms with Crippen LogP contribution >= 0.6 is 23.5 Å². The zero-order valence-electron chi connectivity index (χ0n) is 17.3. The molecule has 3 aliphatic heterocycles. The van der Waals surface area contributed by atoms with Gasteiger partial charge in [-0.3, -0.25) is 0 Å². The Labute approximate surface area is 180 Å². The number of rotatable bonds is 2. The first-order chi connectivity index (χ1) is 13.7. The molecule has 2 bridgehead atoms. The maximum Gasteiger partial charge on any atom is 0.410 e. The van der Waals surface area contributed by atoms with Gasteiger partial charge in [0.15, 0.2) is 0 Å². The van der Waals surface area contributed by atoms with Crippen molar-refractivity contribution in [2.75, 3.05) is 11.5 Å². The molecule has 2 atom stereocenters. The maximum absolute atomic E-state index is 14.9. The van der Waals surface area contributed by atoms with Gasteiger partial charge >= 0.3 is 6.09 Å². The molecule has 4 rings (SSSR count). The molecule has 0 spiro atoms. The summed E-state index contributed by atoms with van der Waals surface area (Å²) in [5.74, 6) is 1.54. The van der Waals surface area contributed by atoms with E-state index in [4.69, 9.17) is 4.74 Å². The van der Waals surface area contributed by atoms with Gasteiger partial charge in [0.05, 0.1) is 5.60 Å². The average Bonchev–Trinajstić information content (AvgIpc) is 2.93. The van der Waals surface area contributed by atoms with Crippen molar-refractivity contribution < 1.29 is 19.0 Å². The molecule has 1 aromatic carbocycles. The van der Waals surface area contributed by atoms with Crippen LogP contribution < -0.4 is 0 Å². The zero-order valence-corrected chi connectivity index (χ0v) is 19.0. The predicted octanol–water partition coefficient (Wildman–Crippen LogP) is 5.14. The third-order valence-corrected chi connectivity index (χ3v) is 9.82. The van der Waals surface area contributed by atoms with E-state index in [1.165, 1.54) is 6.07 Å². The summed E-state index contributed by atoms with van der Waals surface area (Å²) < 4.78 is 19.8. The van der Waals surface area contributed by atoms with Crippen molar-refractivity contribution in [2.24, 2.45) is 0 Å². The van der Waals surface area contributed by atoms with E-state index in [0.717, 1.165) is 30.8 Å². The highest BCUT2D eigenvalue weighted by atomic mass is 32.2. The predicted molar refractivity (Wildman–Crippen MR) is 117 cm³/mol. The molecule has 3 heterocycles. The maximum atomic E-state index is 14.9. The van der Waals surface area contributed by atoms with E-state index in [0.29, 0.717) is 18.4 Å². The molecule has 160 valence electrons. The number of nitrogens with zero attached hydrogens (tertiary/aromatic N) is 1. The molecule has 0 radical (unpaired) electrons. The Balaban J connectivity index is 1.66. The molecule has 1 amide bonds. The molecule has 0 aliphatic carbocycles. The summed E-state index contributed by atoms with van der Waals surface area (Å²) in [4.78, 5) is 14.7. The molecule has 1 aromatic rings. The number of fused-ring (bicyclic) bond motifs is 2. The Kier molecular flexibility index (Phi) is 5.62. The standard InChI is InChI=1S/C22H30FNO3S2/c1-20(2,3)27-19(25)24-15-9-10-16(24)14-21(26,13-15)22(28-11-6-12-29-22)17-7-4-5-8-18(17)23/h4-5,7-8,15-16,26H,6,9-14H2,1-3H3. The number of benzene rings is 1. The van der Waals surface area contributed by atoms with E-state index in [2.05, 4.69) is 0 Å². The average molecular weight is 440 g/mol. The second-order valence-electron chi connectivity index (χ2n) is 9.36. The first kappa shape index (κ1) is 21.3. The van der Waals surface area contributed by atoms with Crippen LogP contribution in [0.2, 0.25) is 0 Å². The van der Waals surface area contributed by atoms with Crippen molar-refractivity contribution in [3.05, 3.63) is 35.6 Å². The van der Waals surface area contributed by atoms with Crippen LogP contribution in [0, 0.1) is 5.82 Å². The van der Waals surface area contributed by atoms with Crippen LogP contribution in [0.25, 0.3) is 0 Å². The van der Waals surface area contributed by atoms with Crippen molar-refractivity contribution in [1.82, 2.24) is 4.90 Å². The Morgan fingerprint density at radius 1 is 1.17 bits per heavy atom. The summed E-state index contributed by atoms with van der Waals surface area (Å²) in [6, 6.07) is 6.72. The van der Waals surface area contributed by atoms with Gasteiger partial charge in [-0.15, -0.1) is 23.5 Å². The number of carbonyl (C=O) groups excluding carboxylic acids is 1. The summed E-state index contributed by atoms with van der Waals surface area (Å²) >= 11 is 3.35. The van der Waals surface area contributed by atoms with Crippen molar-refractivity contribution in [3.8, 4) is 0 Å². The molecule has 3 saturated heterocycles. The van der Waals surface area contributed by atoms with Gasteiger partial charge in [-0.1, -0.05) is 18.2 Å². The number of amides is 1. The van der Waals surface area contributed by atoms with Crippen LogP contribution in [-0.2, 0) is 8.82 Å². The number of halogens is 1. The highest BCUT2D eigenvalue weighted by Crippen LogP contribution is 2.62. The van der Waals surface area contributed by atoms with Crippen molar-refractivity contribution in [2.45, 2.75) is 80.2 Å². The van der Waals surface area contributed by atoms with Gasteiger partial charge in [-0.05, 0) is 70.4 Å². The monoisotopic (exact) mass is 439 g/mol. The smallest absolute Gasteiger partial charge is 0.410 e. The Morgan fingerprint density at radius 3 is 2.31 bits per heavy atom. The zero-order chi connectivity index (χ0) is 20.9. The number of thioether (sulfide) groups is 2. The van der Waals surface area contributed by atoms with Gasteiger partial charge in [-0.2, -0.15) is 0 Å². The minimum absolute atomic E-state index is 0.0691. The van der Waals surface area contributed by atoms with E-state index in [1.807, 2.05) is 37.8 Å². The Hall–Kier alpha value is -0.920. The Morgan fingerprint density at radius 2 is 1.76 bits per heavy atom. The lowest BCUT2D eigenvalue weighted by Gasteiger charge is -2.54. The molecule has 29 heavy (non-hydrogen) atoms. The molecule has 3 aliphatic rings. The fourth-order valence-electron chi connectivity index (χ4n) is 5.04. The second kappa shape index (κ2) is 7.65. The highest BCUT2D eigenvalue weighted by molar-refractivity contribution is 8.18. The molecule has 0 saturated carbocycles. The van der Waals surface area contributed by atoms with Crippen LogP contribution in [0.15, 0.2) is 24.3 Å². The lowest BCUT2D eigenvalue weighted by atomic mass is 9.80. The second-order valence-corrected chi connectivity index (χ2v) is 12.2. The molecule has 3 fully saturated rings. The van der Waals surface area contributed by atoms with Gasteiger partial charge in [0.1, 0.15) is 15.5 Å². The fraction of sp³-hybridized carbons (Fsp3) is 0.682. The van der Waals surface area contributed by atoms with Crippen LogP contribution in [0.4, 0.5) is 9.18 Å². The van der Waals surface area contributed by atoms with Crippen LogP contribution in [0.5, 0.6) is 0 Å². The molecule has 7 heteroatoms. The summed E-state index contributed by atoms with van der Waals surface area (Å²) in [5.41, 5.74) is -1.04. The first-order valence-corrected chi connectivity index (χ1v) is 12.4. The van der Waals surface area contributed by atoms with E-state index < -0.39 is 15.3 Å². The van der Waals surface area contributed by atoms with Crippen molar-refractivity contribution in [3.63, 3.8) is 0 Å². The van der Waals surface area contributed by atoms with Crippen LogP contribution in [0.3, 0.4) is 0 Å². The van der Waals surface area contributed by atoms with Gasteiger partial charge in [0.2, 0.25) is 0 Å². The minimum atomic E-state index is -1.07. The third kappa shape index (κ3) is 3.79. The number of carbonyl (C=O) groups is 1. The Bertz CT molecular complexity index is 762. The first-order valence-electron chi connectivity index (χ1n) is 10.4. The van der Waals surface area contributed by atoms with E-state index in [9.17, 15) is 14.3 Å². The summed E-state index contributed by atoms with van der Waals surface area (Å²) in [7, 11) is 0. The molecular formula is C22H30FNO3S2. The molecule has 0 aromatic heterocycles. The summed E-state index contributed by atoms with van der Waals surface area (Å²) in [6.07, 6.45) is 3.38. The van der Waals surface area contributed by atoms with E-state index in [1.54, 1.807) is 29.6 Å². The van der Waals surface area contributed by atoms with E-state index in [-0.39, 0.29) is 24.0 Å². The van der Waals surface area contributed by atoms with Crippen LogP contribution in [-0.4, -0.2) is 50.9 Å². The van der Waals surface area contributed by atoms with Gasteiger partial charge in [0.25, 0.3) is 0 Å². The van der Waals surface area contributed by atoms with Gasteiger partial charge < -0.3 is 14.7 Å². The van der Waals surface area contributed by atoms with Crippen LogP contribution in [0.1, 0.15) is 58.4 Å². The van der Waals surface area contributed by atoms with Crippen molar-refractivity contribution in [1.29, 1.82) is 0 Å². The lowest BCUT2D eigenvalue weighted by molar-refractivity contribution is -0.0659.